The van der Waals surface area contributed by atoms with Crippen molar-refractivity contribution in [2.45, 2.75) is 18.4 Å². The number of anilines is 1. The minimum Gasteiger partial charge on any atom is -0.497 e. The quantitative estimate of drug-likeness (QED) is 0.535. The number of aryl methyl sites for hydroxylation is 1. The minimum atomic E-state index is -4.06. The molecule has 0 fully saturated rings. The smallest absolute Gasteiger partial charge is 0.264 e. The average Bonchev–Trinajstić information content (AvgIpc) is 2.81. The number of amides is 1. The van der Waals surface area contributed by atoms with E-state index in [4.69, 9.17) is 9.47 Å². The molecule has 0 radical (unpaired) electrons. The van der Waals surface area contributed by atoms with Crippen molar-refractivity contribution in [3.8, 4) is 11.5 Å². The molecule has 1 amide bonds. The fourth-order valence-electron chi connectivity index (χ4n) is 3.22. The summed E-state index contributed by atoms with van der Waals surface area (Å²) >= 11 is 0. The maximum Gasteiger partial charge on any atom is 0.264 e. The van der Waals surface area contributed by atoms with Gasteiger partial charge in [0.15, 0.2) is 0 Å². The maximum absolute atomic E-state index is 13.5. The first kappa shape index (κ1) is 23.1. The molecule has 3 aromatic rings. The molecule has 0 heterocycles. The number of nitrogens with zero attached hydrogens (tertiary/aromatic N) is 1. The van der Waals surface area contributed by atoms with Gasteiger partial charge in [0.2, 0.25) is 5.91 Å². The Morgan fingerprint density at radius 2 is 1.66 bits per heavy atom. The Morgan fingerprint density at radius 1 is 0.938 bits per heavy atom. The lowest BCUT2D eigenvalue weighted by Crippen LogP contribution is -2.40. The number of hydrogen-bond donors (Lipinski definition) is 1. The Hall–Kier alpha value is -3.52. The Morgan fingerprint density at radius 3 is 2.31 bits per heavy atom. The fourth-order valence-corrected chi connectivity index (χ4v) is 4.65. The van der Waals surface area contributed by atoms with Gasteiger partial charge in [-0.25, -0.2) is 8.42 Å². The number of nitrogens with one attached hydrogen (secondary N) is 1. The number of carbonyl (C=O) groups is 1. The molecule has 0 saturated heterocycles. The lowest BCUT2D eigenvalue weighted by Gasteiger charge is -2.25. The highest BCUT2D eigenvalue weighted by molar-refractivity contribution is 7.92. The second kappa shape index (κ2) is 10.2. The highest BCUT2D eigenvalue weighted by Crippen LogP contribution is 2.32. The van der Waals surface area contributed by atoms with E-state index in [0.29, 0.717) is 18.0 Å². The van der Waals surface area contributed by atoms with Gasteiger partial charge in [0, 0.05) is 6.54 Å². The standard InChI is InChI=1S/C24H26N2O5S/c1-18-7-6-8-19(15-18)16-25-24(27)17-26(22-9-4-5-10-23(22)31-3)32(28,29)21-13-11-20(30-2)12-14-21/h4-15H,16-17H2,1-3H3,(H,25,27). The van der Waals surface area contributed by atoms with Gasteiger partial charge in [0.05, 0.1) is 24.8 Å². The van der Waals surface area contributed by atoms with Crippen LogP contribution < -0.4 is 19.1 Å². The van der Waals surface area contributed by atoms with Crippen molar-refractivity contribution < 1.29 is 22.7 Å². The normalized spacial score (nSPS) is 11.0. The number of hydrogen-bond acceptors (Lipinski definition) is 5. The summed E-state index contributed by atoms with van der Waals surface area (Å²) in [5, 5.41) is 2.80. The lowest BCUT2D eigenvalue weighted by molar-refractivity contribution is -0.119. The van der Waals surface area contributed by atoms with Crippen LogP contribution in [0, 0.1) is 6.92 Å². The second-order valence-electron chi connectivity index (χ2n) is 7.12. The molecule has 32 heavy (non-hydrogen) atoms. The molecule has 168 valence electrons. The summed E-state index contributed by atoms with van der Waals surface area (Å²) in [7, 11) is -1.10. The third kappa shape index (κ3) is 5.39. The molecule has 1 N–H and O–H groups in total. The van der Waals surface area contributed by atoms with E-state index in [1.807, 2.05) is 31.2 Å². The molecule has 0 aliphatic rings. The molecule has 0 aromatic heterocycles. The summed E-state index contributed by atoms with van der Waals surface area (Å²) < 4.78 is 38.5. The van der Waals surface area contributed by atoms with Crippen molar-refractivity contribution in [2.24, 2.45) is 0 Å². The summed E-state index contributed by atoms with van der Waals surface area (Å²) in [4.78, 5) is 12.8. The van der Waals surface area contributed by atoms with Gasteiger partial charge in [-0.2, -0.15) is 0 Å². The van der Waals surface area contributed by atoms with Gasteiger partial charge >= 0.3 is 0 Å². The second-order valence-corrected chi connectivity index (χ2v) is 8.99. The summed E-state index contributed by atoms with van der Waals surface area (Å²) in [5.41, 5.74) is 2.28. The third-order valence-electron chi connectivity index (χ3n) is 4.86. The van der Waals surface area contributed by atoms with Crippen molar-refractivity contribution in [3.63, 3.8) is 0 Å². The van der Waals surface area contributed by atoms with Crippen LogP contribution in [0.2, 0.25) is 0 Å². The summed E-state index contributed by atoms with van der Waals surface area (Å²) in [6, 6.07) is 20.4. The van der Waals surface area contributed by atoms with Gasteiger partial charge in [-0.15, -0.1) is 0 Å². The van der Waals surface area contributed by atoms with Crippen molar-refractivity contribution in [2.75, 3.05) is 25.1 Å². The molecule has 3 rings (SSSR count). The first-order chi connectivity index (χ1) is 15.3. The van der Waals surface area contributed by atoms with Crippen LogP contribution in [0.5, 0.6) is 11.5 Å². The molecule has 3 aromatic carbocycles. The van der Waals surface area contributed by atoms with Gasteiger partial charge in [0.25, 0.3) is 10.0 Å². The van der Waals surface area contributed by atoms with Gasteiger partial charge in [-0.3, -0.25) is 9.10 Å². The van der Waals surface area contributed by atoms with Crippen LogP contribution in [0.4, 0.5) is 5.69 Å². The Bertz CT molecular complexity index is 1180. The van der Waals surface area contributed by atoms with E-state index >= 15 is 0 Å². The van der Waals surface area contributed by atoms with E-state index < -0.39 is 22.5 Å². The van der Waals surface area contributed by atoms with Gasteiger partial charge < -0.3 is 14.8 Å². The predicted molar refractivity (Wildman–Crippen MR) is 124 cm³/mol. The van der Waals surface area contributed by atoms with Crippen molar-refractivity contribution >= 4 is 21.6 Å². The highest BCUT2D eigenvalue weighted by atomic mass is 32.2. The SMILES string of the molecule is COc1ccc(S(=O)(=O)N(CC(=O)NCc2cccc(C)c2)c2ccccc2OC)cc1. The van der Waals surface area contributed by atoms with Gasteiger partial charge in [0.1, 0.15) is 18.0 Å². The van der Waals surface area contributed by atoms with Crippen LogP contribution in [0.1, 0.15) is 11.1 Å². The molecule has 0 aliphatic carbocycles. The van der Waals surface area contributed by atoms with Crippen LogP contribution in [0.25, 0.3) is 0 Å². The Labute approximate surface area is 188 Å². The van der Waals surface area contributed by atoms with Crippen LogP contribution in [-0.4, -0.2) is 35.1 Å². The molecular weight excluding hydrogens is 428 g/mol. The number of para-hydroxylation sites is 2. The Balaban J connectivity index is 1.90. The molecule has 8 heteroatoms. The molecule has 0 atom stereocenters. The minimum absolute atomic E-state index is 0.0377. The molecule has 0 saturated carbocycles. The maximum atomic E-state index is 13.5. The topological polar surface area (TPSA) is 84.9 Å². The van der Waals surface area contributed by atoms with E-state index in [0.717, 1.165) is 15.4 Å². The predicted octanol–water partition coefficient (Wildman–Crippen LogP) is 3.52. The number of rotatable bonds is 9. The van der Waals surface area contributed by atoms with Gasteiger partial charge in [-0.05, 0) is 48.9 Å². The van der Waals surface area contributed by atoms with Crippen LogP contribution in [0.15, 0.2) is 77.7 Å². The highest BCUT2D eigenvalue weighted by Gasteiger charge is 2.29. The number of carbonyl (C=O) groups excluding carboxylic acids is 1. The molecule has 0 spiro atoms. The average molecular weight is 455 g/mol. The number of sulfonamides is 1. The first-order valence-corrected chi connectivity index (χ1v) is 11.4. The zero-order valence-corrected chi connectivity index (χ0v) is 19.1. The summed E-state index contributed by atoms with van der Waals surface area (Å²) in [6.45, 7) is 1.86. The Kier molecular flexibility index (Phi) is 7.37. The molecule has 0 aliphatic heterocycles. The summed E-state index contributed by atoms with van der Waals surface area (Å²) in [6.07, 6.45) is 0. The molecule has 7 nitrogen and oxygen atoms in total. The first-order valence-electron chi connectivity index (χ1n) is 9.97. The molecular formula is C24H26N2O5S. The van der Waals surface area contributed by atoms with E-state index in [2.05, 4.69) is 5.32 Å². The van der Waals surface area contributed by atoms with Crippen molar-refractivity contribution in [1.82, 2.24) is 5.32 Å². The van der Waals surface area contributed by atoms with E-state index in [9.17, 15) is 13.2 Å². The van der Waals surface area contributed by atoms with Crippen molar-refractivity contribution in [1.29, 1.82) is 0 Å². The van der Waals surface area contributed by atoms with E-state index in [1.165, 1.54) is 26.4 Å². The number of benzene rings is 3. The zero-order chi connectivity index (χ0) is 23.1. The lowest BCUT2D eigenvalue weighted by atomic mass is 10.1. The third-order valence-corrected chi connectivity index (χ3v) is 6.63. The molecule has 0 bridgehead atoms. The van der Waals surface area contributed by atoms with Crippen LogP contribution in [-0.2, 0) is 21.4 Å². The van der Waals surface area contributed by atoms with E-state index in [-0.39, 0.29) is 10.6 Å². The van der Waals surface area contributed by atoms with Crippen molar-refractivity contribution in [3.05, 3.63) is 83.9 Å². The monoisotopic (exact) mass is 454 g/mol. The van der Waals surface area contributed by atoms with Crippen LogP contribution in [0.3, 0.4) is 0 Å². The fraction of sp³-hybridized carbons (Fsp3) is 0.208. The number of ether oxygens (including phenoxy) is 2. The van der Waals surface area contributed by atoms with Crippen LogP contribution >= 0.6 is 0 Å². The zero-order valence-electron chi connectivity index (χ0n) is 18.2. The van der Waals surface area contributed by atoms with Gasteiger partial charge in [-0.1, -0.05) is 42.0 Å². The van der Waals surface area contributed by atoms with E-state index in [1.54, 1.807) is 36.4 Å². The summed E-state index contributed by atoms with van der Waals surface area (Å²) in [5.74, 6) is 0.439. The number of methoxy groups -OCH3 is 2. The largest absolute Gasteiger partial charge is 0.497 e. The molecule has 0 unspecified atom stereocenters.